The van der Waals surface area contributed by atoms with Crippen LogP contribution in [0.25, 0.3) is 0 Å². The fraction of sp³-hybridized carbons (Fsp3) is 0.391. The van der Waals surface area contributed by atoms with Gasteiger partial charge in [0.2, 0.25) is 5.91 Å². The van der Waals surface area contributed by atoms with E-state index in [1.165, 1.54) is 6.42 Å². The van der Waals surface area contributed by atoms with Crippen molar-refractivity contribution >= 4 is 23.2 Å². The summed E-state index contributed by atoms with van der Waals surface area (Å²) < 4.78 is 10.5. The second kappa shape index (κ2) is 11.2. The number of amides is 2. The second-order valence-electron chi connectivity index (χ2n) is 7.20. The third-order valence-corrected chi connectivity index (χ3v) is 4.92. The Balaban J connectivity index is 1.43. The van der Waals surface area contributed by atoms with Gasteiger partial charge in [0.1, 0.15) is 12.4 Å². The number of hydrogen-bond donors (Lipinski definition) is 2. The molecule has 0 saturated carbocycles. The van der Waals surface area contributed by atoms with Crippen molar-refractivity contribution in [3.05, 3.63) is 54.1 Å². The Morgan fingerprint density at radius 3 is 2.23 bits per heavy atom. The average molecular weight is 412 g/mol. The summed E-state index contributed by atoms with van der Waals surface area (Å²) in [7, 11) is 1.63. The van der Waals surface area contributed by atoms with Crippen LogP contribution in [0.2, 0.25) is 0 Å². The molecule has 0 spiro atoms. The summed E-state index contributed by atoms with van der Waals surface area (Å²) in [6.07, 6.45) is 3.32. The standard InChI is InChI=1S/C23H29N3O4/c1-29-15-16-30-21-11-9-19(10-12-21)24-17-22(27)25-20-7-5-18(6-8-20)23(28)26-13-3-2-4-14-26/h5-12,24H,2-4,13-17H2,1H3,(H,25,27). The molecule has 0 radical (unpaired) electrons. The molecule has 7 nitrogen and oxygen atoms in total. The molecule has 160 valence electrons. The molecule has 1 aliphatic rings. The quantitative estimate of drug-likeness (QED) is 0.619. The van der Waals surface area contributed by atoms with Gasteiger partial charge in [0.05, 0.1) is 13.2 Å². The van der Waals surface area contributed by atoms with Gasteiger partial charge in [-0.2, -0.15) is 0 Å². The van der Waals surface area contributed by atoms with E-state index < -0.39 is 0 Å². The van der Waals surface area contributed by atoms with Crippen molar-refractivity contribution in [2.45, 2.75) is 19.3 Å². The lowest BCUT2D eigenvalue weighted by Gasteiger charge is -2.26. The summed E-state index contributed by atoms with van der Waals surface area (Å²) in [6, 6.07) is 14.5. The molecule has 0 unspecified atom stereocenters. The largest absolute Gasteiger partial charge is 0.491 e. The first-order valence-corrected chi connectivity index (χ1v) is 10.3. The summed E-state index contributed by atoms with van der Waals surface area (Å²) in [6.45, 7) is 2.81. The summed E-state index contributed by atoms with van der Waals surface area (Å²) >= 11 is 0. The lowest BCUT2D eigenvalue weighted by atomic mass is 10.1. The molecule has 0 atom stereocenters. The molecule has 3 rings (SSSR count). The predicted molar refractivity (Wildman–Crippen MR) is 117 cm³/mol. The minimum Gasteiger partial charge on any atom is -0.491 e. The molecule has 30 heavy (non-hydrogen) atoms. The maximum Gasteiger partial charge on any atom is 0.253 e. The van der Waals surface area contributed by atoms with Crippen LogP contribution in [0.1, 0.15) is 29.6 Å². The number of piperidine rings is 1. The minimum atomic E-state index is -0.162. The van der Waals surface area contributed by atoms with Gasteiger partial charge in [-0.3, -0.25) is 9.59 Å². The summed E-state index contributed by atoms with van der Waals surface area (Å²) in [4.78, 5) is 26.6. The number of carbonyl (C=O) groups is 2. The summed E-state index contributed by atoms with van der Waals surface area (Å²) in [5.74, 6) is 0.649. The van der Waals surface area contributed by atoms with Crippen LogP contribution in [0.5, 0.6) is 5.75 Å². The molecule has 1 fully saturated rings. The molecule has 2 aromatic carbocycles. The Bertz CT molecular complexity index is 815. The van der Waals surface area contributed by atoms with Crippen LogP contribution in [0.3, 0.4) is 0 Å². The molecule has 2 aromatic rings. The van der Waals surface area contributed by atoms with Gasteiger partial charge in [0.25, 0.3) is 5.91 Å². The molecule has 0 aromatic heterocycles. The minimum absolute atomic E-state index is 0.0592. The summed E-state index contributed by atoms with van der Waals surface area (Å²) in [5, 5.41) is 5.92. The third-order valence-electron chi connectivity index (χ3n) is 4.92. The number of rotatable bonds is 9. The van der Waals surface area contributed by atoms with Crippen molar-refractivity contribution in [3.8, 4) is 5.75 Å². The van der Waals surface area contributed by atoms with Gasteiger partial charge >= 0.3 is 0 Å². The Morgan fingerprint density at radius 2 is 1.57 bits per heavy atom. The van der Waals surface area contributed by atoms with Gasteiger partial charge in [-0.1, -0.05) is 0 Å². The van der Waals surface area contributed by atoms with E-state index in [0.29, 0.717) is 24.5 Å². The smallest absolute Gasteiger partial charge is 0.253 e. The van der Waals surface area contributed by atoms with E-state index in [0.717, 1.165) is 37.4 Å². The maximum atomic E-state index is 12.5. The highest BCUT2D eigenvalue weighted by molar-refractivity contribution is 5.96. The van der Waals surface area contributed by atoms with Crippen molar-refractivity contribution in [1.29, 1.82) is 0 Å². The first-order valence-electron chi connectivity index (χ1n) is 10.3. The molecule has 0 aliphatic carbocycles. The van der Waals surface area contributed by atoms with Crippen LogP contribution in [0, 0.1) is 0 Å². The normalized spacial score (nSPS) is 13.6. The first kappa shape index (κ1) is 21.6. The van der Waals surface area contributed by atoms with Crippen molar-refractivity contribution in [2.75, 3.05) is 50.6 Å². The van der Waals surface area contributed by atoms with E-state index in [9.17, 15) is 9.59 Å². The highest BCUT2D eigenvalue weighted by atomic mass is 16.5. The van der Waals surface area contributed by atoms with Crippen LogP contribution < -0.4 is 15.4 Å². The van der Waals surface area contributed by atoms with Crippen LogP contribution in [0.4, 0.5) is 11.4 Å². The van der Waals surface area contributed by atoms with Gasteiger partial charge < -0.3 is 25.0 Å². The number of hydrogen-bond acceptors (Lipinski definition) is 5. The van der Waals surface area contributed by atoms with Crippen molar-refractivity contribution in [3.63, 3.8) is 0 Å². The van der Waals surface area contributed by atoms with E-state index in [2.05, 4.69) is 10.6 Å². The van der Waals surface area contributed by atoms with E-state index in [4.69, 9.17) is 9.47 Å². The lowest BCUT2D eigenvalue weighted by molar-refractivity contribution is -0.114. The fourth-order valence-corrected chi connectivity index (χ4v) is 3.28. The zero-order valence-electron chi connectivity index (χ0n) is 17.4. The zero-order valence-corrected chi connectivity index (χ0v) is 17.4. The lowest BCUT2D eigenvalue weighted by Crippen LogP contribution is -2.35. The van der Waals surface area contributed by atoms with Gasteiger partial charge in [0.15, 0.2) is 0 Å². The Morgan fingerprint density at radius 1 is 0.900 bits per heavy atom. The number of ether oxygens (including phenoxy) is 2. The van der Waals surface area contributed by atoms with Gasteiger partial charge in [-0.05, 0) is 67.8 Å². The van der Waals surface area contributed by atoms with Crippen LogP contribution in [-0.2, 0) is 9.53 Å². The van der Waals surface area contributed by atoms with Crippen LogP contribution in [-0.4, -0.2) is 56.7 Å². The van der Waals surface area contributed by atoms with Gasteiger partial charge in [-0.15, -0.1) is 0 Å². The molecule has 1 heterocycles. The van der Waals surface area contributed by atoms with Crippen LogP contribution in [0.15, 0.2) is 48.5 Å². The Kier molecular flexibility index (Phi) is 8.09. The average Bonchev–Trinajstić information content (AvgIpc) is 2.79. The van der Waals surface area contributed by atoms with Gasteiger partial charge in [0, 0.05) is 37.1 Å². The molecule has 7 heteroatoms. The van der Waals surface area contributed by atoms with Gasteiger partial charge in [-0.25, -0.2) is 0 Å². The predicted octanol–water partition coefficient (Wildman–Crippen LogP) is 3.39. The SMILES string of the molecule is COCCOc1ccc(NCC(=O)Nc2ccc(C(=O)N3CCCCC3)cc2)cc1. The van der Waals surface area contributed by atoms with E-state index in [-0.39, 0.29) is 18.4 Å². The number of nitrogens with one attached hydrogen (secondary N) is 2. The first-order chi connectivity index (χ1) is 14.7. The molecular formula is C23H29N3O4. The molecule has 0 bridgehead atoms. The van der Waals surface area contributed by atoms with Crippen molar-refractivity contribution in [2.24, 2.45) is 0 Å². The third kappa shape index (κ3) is 6.49. The van der Waals surface area contributed by atoms with E-state index in [1.54, 1.807) is 31.4 Å². The second-order valence-corrected chi connectivity index (χ2v) is 7.20. The maximum absolute atomic E-state index is 12.5. The topological polar surface area (TPSA) is 79.9 Å². The molecule has 2 N–H and O–H groups in total. The number of nitrogens with zero attached hydrogens (tertiary/aromatic N) is 1. The Labute approximate surface area is 177 Å². The Hall–Kier alpha value is -3.06. The van der Waals surface area contributed by atoms with E-state index in [1.807, 2.05) is 29.2 Å². The van der Waals surface area contributed by atoms with E-state index >= 15 is 0 Å². The van der Waals surface area contributed by atoms with Crippen molar-refractivity contribution in [1.82, 2.24) is 4.90 Å². The number of likely N-dealkylation sites (tertiary alicyclic amines) is 1. The summed E-state index contributed by atoms with van der Waals surface area (Å²) in [5.41, 5.74) is 2.14. The molecule has 1 aliphatic heterocycles. The number of carbonyl (C=O) groups excluding carboxylic acids is 2. The monoisotopic (exact) mass is 411 g/mol. The molecule has 1 saturated heterocycles. The fourth-order valence-electron chi connectivity index (χ4n) is 3.28. The number of methoxy groups -OCH3 is 1. The zero-order chi connectivity index (χ0) is 21.2. The highest BCUT2D eigenvalue weighted by Crippen LogP contribution is 2.17. The van der Waals surface area contributed by atoms with Crippen molar-refractivity contribution < 1.29 is 19.1 Å². The number of anilines is 2. The van der Waals surface area contributed by atoms with Crippen LogP contribution >= 0.6 is 0 Å². The highest BCUT2D eigenvalue weighted by Gasteiger charge is 2.17. The molecule has 2 amide bonds. The number of benzene rings is 2. The molecular weight excluding hydrogens is 382 g/mol.